The molecule has 0 spiro atoms. The average Bonchev–Trinajstić information content (AvgIpc) is 2.34. The van der Waals surface area contributed by atoms with E-state index in [1.54, 1.807) is 18.2 Å². The van der Waals surface area contributed by atoms with Crippen LogP contribution < -0.4 is 10.5 Å². The van der Waals surface area contributed by atoms with Gasteiger partial charge < -0.3 is 10.5 Å². The van der Waals surface area contributed by atoms with Gasteiger partial charge in [0.1, 0.15) is 16.6 Å². The van der Waals surface area contributed by atoms with Crippen LogP contribution in [0.3, 0.4) is 0 Å². The van der Waals surface area contributed by atoms with Crippen molar-refractivity contribution in [2.75, 3.05) is 0 Å². The molecule has 2 rings (SSSR count). The van der Waals surface area contributed by atoms with Crippen LogP contribution in [-0.4, -0.2) is 10.8 Å². The zero-order valence-corrected chi connectivity index (χ0v) is 11.6. The van der Waals surface area contributed by atoms with Crippen LogP contribution in [0.1, 0.15) is 11.1 Å². The van der Waals surface area contributed by atoms with Crippen LogP contribution in [0.5, 0.6) is 11.6 Å². The number of halogens is 2. The molecule has 4 nitrogen and oxygen atoms in total. The van der Waals surface area contributed by atoms with Crippen molar-refractivity contribution in [1.29, 1.82) is 5.41 Å². The lowest BCUT2D eigenvalue weighted by Gasteiger charge is -2.10. The lowest BCUT2D eigenvalue weighted by molar-refractivity contribution is 0.463. The van der Waals surface area contributed by atoms with E-state index in [9.17, 15) is 0 Å². The van der Waals surface area contributed by atoms with Gasteiger partial charge in [-0.25, -0.2) is 4.98 Å². The second-order valence-corrected chi connectivity index (χ2v) is 4.71. The van der Waals surface area contributed by atoms with E-state index in [1.807, 2.05) is 13.0 Å². The van der Waals surface area contributed by atoms with E-state index in [4.69, 9.17) is 39.1 Å². The van der Waals surface area contributed by atoms with E-state index in [0.717, 1.165) is 5.56 Å². The maximum Gasteiger partial charge on any atom is 0.238 e. The molecule has 0 saturated carbocycles. The van der Waals surface area contributed by atoms with Crippen LogP contribution in [0.4, 0.5) is 0 Å². The normalized spacial score (nSPS) is 10.3. The number of rotatable bonds is 3. The summed E-state index contributed by atoms with van der Waals surface area (Å²) in [6.07, 6.45) is 1.47. The Morgan fingerprint density at radius 2 is 2.05 bits per heavy atom. The molecule has 6 heteroatoms. The van der Waals surface area contributed by atoms with Crippen LogP contribution >= 0.6 is 23.2 Å². The summed E-state index contributed by atoms with van der Waals surface area (Å²) in [5.74, 6) is 0.467. The first-order valence-electron chi connectivity index (χ1n) is 5.42. The Hall–Kier alpha value is -1.78. The van der Waals surface area contributed by atoms with Crippen molar-refractivity contribution >= 4 is 29.0 Å². The molecule has 0 aliphatic heterocycles. The maximum atomic E-state index is 7.41. The summed E-state index contributed by atoms with van der Waals surface area (Å²) in [5, 5.41) is 8.06. The minimum absolute atomic E-state index is 0.146. The van der Waals surface area contributed by atoms with Crippen molar-refractivity contribution in [2.45, 2.75) is 6.92 Å². The number of hydrogen-bond donors (Lipinski definition) is 2. The number of benzene rings is 1. The second-order valence-electron chi connectivity index (χ2n) is 3.93. The summed E-state index contributed by atoms with van der Waals surface area (Å²) < 4.78 is 5.56. The summed E-state index contributed by atoms with van der Waals surface area (Å²) in [7, 11) is 0. The number of nitrogens with two attached hydrogens (primary N) is 1. The molecule has 0 saturated heterocycles. The van der Waals surface area contributed by atoms with Gasteiger partial charge in [-0.15, -0.1) is 0 Å². The number of nitrogens with zero attached hydrogens (tertiary/aromatic N) is 1. The Morgan fingerprint density at radius 3 is 2.68 bits per heavy atom. The van der Waals surface area contributed by atoms with E-state index < -0.39 is 0 Å². The first-order chi connectivity index (χ1) is 8.99. The number of amidine groups is 1. The highest BCUT2D eigenvalue weighted by molar-refractivity contribution is 6.35. The van der Waals surface area contributed by atoms with Crippen molar-refractivity contribution in [3.05, 3.63) is 51.6 Å². The van der Waals surface area contributed by atoms with Gasteiger partial charge in [0.05, 0.1) is 5.02 Å². The third-order valence-corrected chi connectivity index (χ3v) is 3.10. The van der Waals surface area contributed by atoms with Gasteiger partial charge in [-0.05, 0) is 30.7 Å². The van der Waals surface area contributed by atoms with Gasteiger partial charge >= 0.3 is 0 Å². The van der Waals surface area contributed by atoms with E-state index in [1.165, 1.54) is 6.20 Å². The minimum Gasteiger partial charge on any atom is -0.436 e. The summed E-state index contributed by atoms with van der Waals surface area (Å²) >= 11 is 12.2. The van der Waals surface area contributed by atoms with Gasteiger partial charge in [0, 0.05) is 11.8 Å². The van der Waals surface area contributed by atoms with Gasteiger partial charge in [0.2, 0.25) is 5.88 Å². The third-order valence-electron chi connectivity index (χ3n) is 2.44. The second kappa shape index (κ2) is 5.47. The summed E-state index contributed by atoms with van der Waals surface area (Å²) in [4.78, 5) is 4.02. The van der Waals surface area contributed by atoms with Crippen molar-refractivity contribution < 1.29 is 4.74 Å². The molecule has 0 fully saturated rings. The number of aryl methyl sites for hydroxylation is 1. The third kappa shape index (κ3) is 2.97. The highest BCUT2D eigenvalue weighted by Gasteiger charge is 2.13. The van der Waals surface area contributed by atoms with Crippen LogP contribution in [0.25, 0.3) is 0 Å². The van der Waals surface area contributed by atoms with Crippen molar-refractivity contribution in [1.82, 2.24) is 4.98 Å². The molecule has 0 bridgehead atoms. The molecule has 1 aromatic carbocycles. The Labute approximate surface area is 120 Å². The zero-order chi connectivity index (χ0) is 14.0. The molecule has 1 heterocycles. The summed E-state index contributed by atoms with van der Waals surface area (Å²) in [5.41, 5.74) is 6.81. The molecule has 2 aromatic rings. The Kier molecular flexibility index (Phi) is 3.93. The largest absolute Gasteiger partial charge is 0.436 e. The van der Waals surface area contributed by atoms with Crippen molar-refractivity contribution in [3.8, 4) is 11.6 Å². The number of nitrogen functional groups attached to an aromatic ring is 1. The number of pyridine rings is 1. The Bertz CT molecular complexity index is 644. The Balaban J connectivity index is 2.38. The molecule has 19 heavy (non-hydrogen) atoms. The van der Waals surface area contributed by atoms with Crippen LogP contribution in [0, 0.1) is 12.3 Å². The fourth-order valence-corrected chi connectivity index (χ4v) is 2.02. The number of ether oxygens (including phenoxy) is 1. The molecular formula is C13H11Cl2N3O. The first kappa shape index (κ1) is 13.6. The van der Waals surface area contributed by atoms with E-state index in [2.05, 4.69) is 4.98 Å². The zero-order valence-electron chi connectivity index (χ0n) is 10.1. The first-order valence-corrected chi connectivity index (χ1v) is 6.17. The summed E-state index contributed by atoms with van der Waals surface area (Å²) in [6.45, 7) is 1.93. The molecule has 0 unspecified atom stereocenters. The molecule has 98 valence electrons. The minimum atomic E-state index is -0.146. The smallest absolute Gasteiger partial charge is 0.238 e. The average molecular weight is 296 g/mol. The fraction of sp³-hybridized carbons (Fsp3) is 0.0769. The standard InChI is InChI=1S/C13H11Cl2N3O/c1-7-2-3-10(9(14)6-7)19-13-11(15)8(12(16)17)4-5-18-13/h2-6H,1H3,(H3,16,17). The van der Waals surface area contributed by atoms with Crippen LogP contribution in [-0.2, 0) is 0 Å². The van der Waals surface area contributed by atoms with Gasteiger partial charge in [-0.3, -0.25) is 5.41 Å². The molecule has 1 aromatic heterocycles. The van der Waals surface area contributed by atoms with Crippen LogP contribution in [0.2, 0.25) is 10.0 Å². The summed E-state index contributed by atoms with van der Waals surface area (Å²) in [6, 6.07) is 6.92. The van der Waals surface area contributed by atoms with Gasteiger partial charge in [0.15, 0.2) is 0 Å². The fourth-order valence-electron chi connectivity index (χ4n) is 1.50. The molecule has 0 aliphatic rings. The van der Waals surface area contributed by atoms with Crippen molar-refractivity contribution in [3.63, 3.8) is 0 Å². The molecule has 0 radical (unpaired) electrons. The van der Waals surface area contributed by atoms with Gasteiger partial charge in [-0.2, -0.15) is 0 Å². The molecule has 3 N–H and O–H groups in total. The van der Waals surface area contributed by atoms with Crippen molar-refractivity contribution in [2.24, 2.45) is 5.73 Å². The predicted octanol–water partition coefficient (Wildman–Crippen LogP) is 3.77. The SMILES string of the molecule is Cc1ccc(Oc2nccc(C(=N)N)c2Cl)c(Cl)c1. The number of nitrogens with one attached hydrogen (secondary N) is 1. The lowest BCUT2D eigenvalue weighted by Crippen LogP contribution is -2.12. The Morgan fingerprint density at radius 1 is 1.32 bits per heavy atom. The topological polar surface area (TPSA) is 72.0 Å². The molecular weight excluding hydrogens is 285 g/mol. The molecule has 0 amide bonds. The monoisotopic (exact) mass is 295 g/mol. The van der Waals surface area contributed by atoms with E-state index >= 15 is 0 Å². The highest BCUT2D eigenvalue weighted by Crippen LogP contribution is 2.33. The van der Waals surface area contributed by atoms with E-state index in [0.29, 0.717) is 16.3 Å². The highest BCUT2D eigenvalue weighted by atomic mass is 35.5. The number of hydrogen-bond acceptors (Lipinski definition) is 3. The van der Waals surface area contributed by atoms with Gasteiger partial charge in [0.25, 0.3) is 0 Å². The maximum absolute atomic E-state index is 7.41. The quantitative estimate of drug-likeness (QED) is 0.669. The van der Waals surface area contributed by atoms with Crippen LogP contribution in [0.15, 0.2) is 30.5 Å². The lowest BCUT2D eigenvalue weighted by atomic mass is 10.2. The molecule has 0 aliphatic carbocycles. The molecule has 0 atom stereocenters. The van der Waals surface area contributed by atoms with E-state index in [-0.39, 0.29) is 16.7 Å². The predicted molar refractivity (Wildman–Crippen MR) is 76.5 cm³/mol. The number of aromatic nitrogens is 1. The van der Waals surface area contributed by atoms with Gasteiger partial charge in [-0.1, -0.05) is 29.3 Å².